The third-order valence-corrected chi connectivity index (χ3v) is 9.76. The van der Waals surface area contributed by atoms with Crippen LogP contribution < -0.4 is 5.32 Å². The van der Waals surface area contributed by atoms with Crippen LogP contribution in [0.1, 0.15) is 67.1 Å². The van der Waals surface area contributed by atoms with E-state index >= 15 is 0 Å². The van der Waals surface area contributed by atoms with Crippen LogP contribution in [0.2, 0.25) is 0 Å². The molecule has 194 valence electrons. The Bertz CT molecular complexity index is 1480. The number of aryl methyl sites for hydroxylation is 2. The monoisotopic (exact) mass is 504 g/mol. The Morgan fingerprint density at radius 1 is 0.947 bits per heavy atom. The van der Waals surface area contributed by atoms with E-state index in [1.165, 1.54) is 44.1 Å². The van der Waals surface area contributed by atoms with Crippen molar-refractivity contribution in [3.63, 3.8) is 0 Å². The van der Waals surface area contributed by atoms with Gasteiger partial charge in [-0.1, -0.05) is 48.0 Å². The van der Waals surface area contributed by atoms with Gasteiger partial charge in [0.2, 0.25) is 0 Å². The first kappa shape index (κ1) is 23.6. The maximum atomic E-state index is 14.1. The fraction of sp³-hybridized carbons (Fsp3) is 0.424. The summed E-state index contributed by atoms with van der Waals surface area (Å²) < 4.78 is 1.88. The molecule has 5 nitrogen and oxygen atoms in total. The summed E-state index contributed by atoms with van der Waals surface area (Å²) in [5.41, 5.74) is 6.38. The van der Waals surface area contributed by atoms with Gasteiger partial charge < -0.3 is 5.32 Å². The van der Waals surface area contributed by atoms with Crippen molar-refractivity contribution in [3.05, 3.63) is 77.5 Å². The van der Waals surface area contributed by atoms with Gasteiger partial charge in [0, 0.05) is 11.6 Å². The van der Waals surface area contributed by atoms with Crippen LogP contribution in [0, 0.1) is 37.0 Å². The van der Waals surface area contributed by atoms with Crippen LogP contribution in [0.5, 0.6) is 0 Å². The lowest BCUT2D eigenvalue weighted by Crippen LogP contribution is -2.55. The SMILES string of the molecule is Cc1ccc(-n2nc(C)c3c(C(=O)NC(C)C45CC6CC(CC(C6)C4)C5)cc(-c4ccccc4)nc32)cc1. The Balaban J connectivity index is 1.31. The summed E-state index contributed by atoms with van der Waals surface area (Å²) in [6.45, 7) is 6.32. The molecule has 0 aliphatic heterocycles. The zero-order valence-corrected chi connectivity index (χ0v) is 22.6. The van der Waals surface area contributed by atoms with Gasteiger partial charge in [-0.3, -0.25) is 4.79 Å². The Hall–Kier alpha value is -3.47. The predicted octanol–water partition coefficient (Wildman–Crippen LogP) is 7.04. The van der Waals surface area contributed by atoms with Crippen LogP contribution >= 0.6 is 0 Å². The molecule has 0 saturated heterocycles. The number of benzene rings is 2. The zero-order valence-electron chi connectivity index (χ0n) is 22.6. The molecule has 0 spiro atoms. The fourth-order valence-electron chi connectivity index (χ4n) is 8.23. The molecule has 2 aromatic carbocycles. The Morgan fingerprint density at radius 3 is 2.21 bits per heavy atom. The summed E-state index contributed by atoms with van der Waals surface area (Å²) in [6.07, 6.45) is 8.03. The Morgan fingerprint density at radius 2 is 1.58 bits per heavy atom. The smallest absolute Gasteiger partial charge is 0.252 e. The maximum absolute atomic E-state index is 14.1. The van der Waals surface area contributed by atoms with E-state index in [1.54, 1.807) is 0 Å². The molecule has 1 unspecified atom stereocenters. The lowest BCUT2D eigenvalue weighted by molar-refractivity contribution is -0.0687. The van der Waals surface area contributed by atoms with Crippen molar-refractivity contribution in [1.82, 2.24) is 20.1 Å². The molecular formula is C33H36N4O. The molecule has 1 N–H and O–H groups in total. The van der Waals surface area contributed by atoms with E-state index in [2.05, 4.69) is 43.4 Å². The number of rotatable bonds is 5. The van der Waals surface area contributed by atoms with E-state index in [9.17, 15) is 4.79 Å². The quantitative estimate of drug-likeness (QED) is 0.317. The molecule has 1 atom stereocenters. The van der Waals surface area contributed by atoms with Gasteiger partial charge in [-0.15, -0.1) is 0 Å². The number of aromatic nitrogens is 3. The van der Waals surface area contributed by atoms with E-state index in [1.807, 2.05) is 48.0 Å². The third kappa shape index (κ3) is 3.86. The van der Waals surface area contributed by atoms with Crippen LogP contribution in [0.25, 0.3) is 28.0 Å². The zero-order chi connectivity index (χ0) is 26.0. The predicted molar refractivity (Wildman–Crippen MR) is 151 cm³/mol. The third-order valence-electron chi connectivity index (χ3n) is 9.76. The molecule has 38 heavy (non-hydrogen) atoms. The van der Waals surface area contributed by atoms with Gasteiger partial charge in [0.05, 0.1) is 28.0 Å². The molecule has 0 radical (unpaired) electrons. The number of fused-ring (bicyclic) bond motifs is 1. The summed E-state index contributed by atoms with van der Waals surface area (Å²) in [4.78, 5) is 19.2. The lowest BCUT2D eigenvalue weighted by atomic mass is 9.48. The molecule has 2 heterocycles. The van der Waals surface area contributed by atoms with Crippen molar-refractivity contribution in [2.24, 2.45) is 23.2 Å². The van der Waals surface area contributed by atoms with Gasteiger partial charge in [-0.25, -0.2) is 9.67 Å². The number of pyridine rings is 1. The molecule has 4 bridgehead atoms. The van der Waals surface area contributed by atoms with Crippen molar-refractivity contribution >= 4 is 16.9 Å². The summed E-state index contributed by atoms with van der Waals surface area (Å²) in [5, 5.41) is 9.21. The highest BCUT2D eigenvalue weighted by atomic mass is 16.1. The number of nitrogens with zero attached hydrogens (tertiary/aromatic N) is 3. The van der Waals surface area contributed by atoms with Crippen molar-refractivity contribution in [2.45, 2.75) is 65.3 Å². The number of carbonyl (C=O) groups excluding carboxylic acids is 1. The topological polar surface area (TPSA) is 59.8 Å². The Labute approximate surface area is 224 Å². The molecule has 4 aromatic rings. The second kappa shape index (κ2) is 8.79. The van der Waals surface area contributed by atoms with Crippen LogP contribution in [0.15, 0.2) is 60.7 Å². The lowest BCUT2D eigenvalue weighted by Gasteiger charge is -2.59. The van der Waals surface area contributed by atoms with Gasteiger partial charge in [0.25, 0.3) is 5.91 Å². The molecular weight excluding hydrogens is 468 g/mol. The first-order valence-electron chi connectivity index (χ1n) is 14.2. The van der Waals surface area contributed by atoms with Gasteiger partial charge in [0.15, 0.2) is 5.65 Å². The van der Waals surface area contributed by atoms with Gasteiger partial charge in [-0.05, 0) is 101 Å². The highest BCUT2D eigenvalue weighted by Gasteiger charge is 2.53. The minimum absolute atomic E-state index is 0.00983. The van der Waals surface area contributed by atoms with Gasteiger partial charge in [-0.2, -0.15) is 5.10 Å². The van der Waals surface area contributed by atoms with Crippen LogP contribution in [0.3, 0.4) is 0 Å². The van der Waals surface area contributed by atoms with Crippen molar-refractivity contribution < 1.29 is 4.79 Å². The average Bonchev–Trinajstić information content (AvgIpc) is 3.24. The van der Waals surface area contributed by atoms with Crippen molar-refractivity contribution in [1.29, 1.82) is 0 Å². The van der Waals surface area contributed by atoms with E-state index in [0.717, 1.165) is 51.4 Å². The molecule has 2 aromatic heterocycles. The van der Waals surface area contributed by atoms with Crippen molar-refractivity contribution in [2.75, 3.05) is 0 Å². The first-order valence-corrected chi connectivity index (χ1v) is 14.2. The molecule has 4 fully saturated rings. The van der Waals surface area contributed by atoms with Gasteiger partial charge >= 0.3 is 0 Å². The van der Waals surface area contributed by atoms with E-state index in [0.29, 0.717) is 5.56 Å². The second-order valence-corrected chi connectivity index (χ2v) is 12.4. The minimum atomic E-state index is -0.00983. The first-order chi connectivity index (χ1) is 18.4. The number of hydrogen-bond donors (Lipinski definition) is 1. The molecule has 5 heteroatoms. The highest BCUT2D eigenvalue weighted by Crippen LogP contribution is 2.61. The van der Waals surface area contributed by atoms with Crippen LogP contribution in [-0.4, -0.2) is 26.7 Å². The second-order valence-electron chi connectivity index (χ2n) is 12.4. The number of carbonyl (C=O) groups is 1. The van der Waals surface area contributed by atoms with Gasteiger partial charge in [0.1, 0.15) is 0 Å². The minimum Gasteiger partial charge on any atom is -0.349 e. The standard InChI is InChI=1S/C33H36N4O/c1-20-9-11-27(12-10-20)37-31-30(21(2)36-37)28(16-29(35-31)26-7-5-4-6-8-26)32(38)34-22(3)33-17-23-13-24(18-33)15-25(14-23)19-33/h4-12,16,22-25H,13-15,17-19H2,1-3H3,(H,34,38). The van der Waals surface area contributed by atoms with E-state index in [4.69, 9.17) is 10.1 Å². The molecule has 8 rings (SSSR count). The summed E-state index contributed by atoms with van der Waals surface area (Å²) in [5.74, 6) is 2.55. The Kier molecular flexibility index (Phi) is 5.47. The summed E-state index contributed by atoms with van der Waals surface area (Å²) in [6, 6.07) is 20.5. The summed E-state index contributed by atoms with van der Waals surface area (Å²) in [7, 11) is 0. The molecule has 4 aliphatic rings. The van der Waals surface area contributed by atoms with Crippen molar-refractivity contribution in [3.8, 4) is 16.9 Å². The molecule has 1 amide bonds. The maximum Gasteiger partial charge on any atom is 0.252 e. The fourth-order valence-corrected chi connectivity index (χ4v) is 8.23. The van der Waals surface area contributed by atoms with E-state index in [-0.39, 0.29) is 17.4 Å². The number of amides is 1. The van der Waals surface area contributed by atoms with Crippen LogP contribution in [0.4, 0.5) is 0 Å². The van der Waals surface area contributed by atoms with Crippen LogP contribution in [-0.2, 0) is 0 Å². The number of hydrogen-bond acceptors (Lipinski definition) is 3. The normalized spacial score (nSPS) is 26.6. The van der Waals surface area contributed by atoms with E-state index < -0.39 is 0 Å². The number of nitrogens with one attached hydrogen (secondary N) is 1. The highest BCUT2D eigenvalue weighted by molar-refractivity contribution is 6.08. The molecule has 4 aliphatic carbocycles. The largest absolute Gasteiger partial charge is 0.349 e. The molecule has 4 saturated carbocycles. The summed E-state index contributed by atoms with van der Waals surface area (Å²) >= 11 is 0. The average molecular weight is 505 g/mol.